The number of likely N-dealkylation sites (tertiary alicyclic amines) is 1. The van der Waals surface area contributed by atoms with E-state index in [2.05, 4.69) is 68.7 Å². The Morgan fingerprint density at radius 3 is 2.00 bits per heavy atom. The highest BCUT2D eigenvalue weighted by Gasteiger charge is 2.40. The van der Waals surface area contributed by atoms with Crippen molar-refractivity contribution in [3.05, 3.63) is 72.6 Å². The zero-order valence-electron chi connectivity index (χ0n) is 28.2. The number of nitrogens with zero attached hydrogens (tertiary/aromatic N) is 4. The summed E-state index contributed by atoms with van der Waals surface area (Å²) in [6, 6.07) is 16.9. The molecule has 11 nitrogen and oxygen atoms in total. The summed E-state index contributed by atoms with van der Waals surface area (Å²) in [6.07, 6.45) is 11.0. The van der Waals surface area contributed by atoms with Crippen LogP contribution >= 0.6 is 0 Å². The SMILES string of the molecule is CC(C)[C@H](NC1OCO1)C(=O)N1CCC[C@H]1c1ncc(-c2ccc(-c3ccc(-c4cnc([C@@H]5CC[C@H]6CCCCC(=O)N65)[nH]4)cc3)cc2)[nH]1. The van der Waals surface area contributed by atoms with Gasteiger partial charge in [-0.3, -0.25) is 14.9 Å². The number of ether oxygens (including phenoxy) is 2. The van der Waals surface area contributed by atoms with E-state index >= 15 is 0 Å². The second-order valence-electron chi connectivity index (χ2n) is 14.2. The predicted octanol–water partition coefficient (Wildman–Crippen LogP) is 6.31. The number of fused-ring (bicyclic) bond motifs is 1. The largest absolute Gasteiger partial charge is 0.340 e. The molecule has 0 bridgehead atoms. The molecule has 0 unspecified atom stereocenters. The van der Waals surface area contributed by atoms with Crippen molar-refractivity contribution in [3.8, 4) is 33.6 Å². The van der Waals surface area contributed by atoms with E-state index in [0.717, 1.165) is 90.2 Å². The van der Waals surface area contributed by atoms with Crippen molar-refractivity contribution >= 4 is 11.8 Å². The molecule has 4 aromatic rings. The van der Waals surface area contributed by atoms with Gasteiger partial charge in [-0.2, -0.15) is 0 Å². The minimum absolute atomic E-state index is 0.0501. The van der Waals surface area contributed by atoms with Crippen molar-refractivity contribution in [2.45, 2.75) is 95.8 Å². The van der Waals surface area contributed by atoms with Gasteiger partial charge in [0.15, 0.2) is 6.79 Å². The number of benzene rings is 2. The molecular formula is C38H45N7O4. The first kappa shape index (κ1) is 31.9. The number of amides is 2. The lowest BCUT2D eigenvalue weighted by molar-refractivity contribution is -0.335. The lowest BCUT2D eigenvalue weighted by Crippen LogP contribution is -2.56. The minimum Gasteiger partial charge on any atom is -0.340 e. The zero-order chi connectivity index (χ0) is 33.5. The molecule has 11 heteroatoms. The topological polar surface area (TPSA) is 128 Å². The number of imidazole rings is 2. The zero-order valence-corrected chi connectivity index (χ0v) is 28.2. The lowest BCUT2D eigenvalue weighted by atomic mass is 10.0. The number of nitrogens with one attached hydrogen (secondary N) is 3. The van der Waals surface area contributed by atoms with Crippen molar-refractivity contribution in [2.75, 3.05) is 13.3 Å². The second kappa shape index (κ2) is 13.5. The highest BCUT2D eigenvalue weighted by molar-refractivity contribution is 5.83. The van der Waals surface area contributed by atoms with Gasteiger partial charge in [0.05, 0.1) is 41.9 Å². The van der Waals surface area contributed by atoms with Crippen LogP contribution in [0.3, 0.4) is 0 Å². The molecule has 2 aromatic heterocycles. The van der Waals surface area contributed by atoms with Gasteiger partial charge in [0.25, 0.3) is 0 Å². The van der Waals surface area contributed by atoms with Crippen molar-refractivity contribution in [1.29, 1.82) is 0 Å². The molecule has 3 N–H and O–H groups in total. The number of H-pyrrole nitrogens is 2. The molecule has 6 heterocycles. The molecule has 4 fully saturated rings. The normalized spacial score (nSPS) is 23.5. The van der Waals surface area contributed by atoms with Gasteiger partial charge in [-0.15, -0.1) is 0 Å². The van der Waals surface area contributed by atoms with Gasteiger partial charge >= 0.3 is 0 Å². The molecule has 0 radical (unpaired) electrons. The predicted molar refractivity (Wildman–Crippen MR) is 184 cm³/mol. The second-order valence-corrected chi connectivity index (χ2v) is 14.2. The van der Waals surface area contributed by atoms with Crippen LogP contribution in [0, 0.1) is 5.92 Å². The van der Waals surface area contributed by atoms with Crippen molar-refractivity contribution in [1.82, 2.24) is 35.1 Å². The fraction of sp³-hybridized carbons (Fsp3) is 0.474. The van der Waals surface area contributed by atoms with Crippen LogP contribution in [0.15, 0.2) is 60.9 Å². The Kier molecular flexibility index (Phi) is 8.81. The van der Waals surface area contributed by atoms with Crippen molar-refractivity contribution in [3.63, 3.8) is 0 Å². The van der Waals surface area contributed by atoms with Gasteiger partial charge < -0.3 is 29.2 Å². The summed E-state index contributed by atoms with van der Waals surface area (Å²) in [6.45, 7) is 5.01. The highest BCUT2D eigenvalue weighted by atomic mass is 16.9. The van der Waals surface area contributed by atoms with Gasteiger partial charge in [-0.05, 0) is 66.7 Å². The van der Waals surface area contributed by atoms with Crippen LogP contribution in [0.2, 0.25) is 0 Å². The Morgan fingerprint density at radius 1 is 0.796 bits per heavy atom. The monoisotopic (exact) mass is 663 g/mol. The standard InChI is InChI=1S/C38H45N7O4/c1-23(2)34(43-38-48-22-49-38)37(47)44-19-5-7-31(44)35-39-20-29(41-35)26-13-9-24(10-14-26)25-11-15-27(16-12-25)30-21-40-36(42-30)32-18-17-28-6-3-4-8-33(46)45(28)32/h9-16,20-21,23,28,31-32,34,38,43H,3-8,17-19,22H2,1-2H3,(H,39,41)(H,40,42)/t28-,31+,32+,34+/m1/s1. The quantitative estimate of drug-likeness (QED) is 0.192. The highest BCUT2D eigenvalue weighted by Crippen LogP contribution is 2.40. The van der Waals surface area contributed by atoms with Crippen LogP contribution < -0.4 is 5.32 Å². The fourth-order valence-corrected chi connectivity index (χ4v) is 8.01. The number of aromatic amines is 2. The van der Waals surface area contributed by atoms with Crippen molar-refractivity contribution in [2.24, 2.45) is 5.92 Å². The van der Waals surface area contributed by atoms with Crippen LogP contribution in [-0.2, 0) is 19.1 Å². The van der Waals surface area contributed by atoms with E-state index in [1.807, 2.05) is 31.1 Å². The van der Waals surface area contributed by atoms with E-state index in [4.69, 9.17) is 19.4 Å². The third kappa shape index (κ3) is 6.31. The molecule has 256 valence electrons. The maximum atomic E-state index is 13.6. The smallest absolute Gasteiger partial charge is 0.240 e. The fourth-order valence-electron chi connectivity index (χ4n) is 8.01. The Morgan fingerprint density at radius 2 is 1.41 bits per heavy atom. The molecule has 2 amide bonds. The molecule has 4 aliphatic rings. The molecule has 8 rings (SSSR count). The molecule has 4 saturated heterocycles. The number of aromatic nitrogens is 4. The van der Waals surface area contributed by atoms with Crippen LogP contribution in [0.5, 0.6) is 0 Å². The van der Waals surface area contributed by atoms with Crippen molar-refractivity contribution < 1.29 is 19.1 Å². The summed E-state index contributed by atoms with van der Waals surface area (Å²) in [7, 11) is 0. The van der Waals surface area contributed by atoms with E-state index in [0.29, 0.717) is 19.0 Å². The van der Waals surface area contributed by atoms with E-state index in [9.17, 15) is 9.59 Å². The molecule has 0 aliphatic carbocycles. The van der Waals surface area contributed by atoms with Gasteiger partial charge in [0.2, 0.25) is 18.2 Å². The number of rotatable bonds is 9. The minimum atomic E-state index is -0.527. The number of carbonyl (C=O) groups excluding carboxylic acids is 2. The summed E-state index contributed by atoms with van der Waals surface area (Å²) >= 11 is 0. The number of carbonyl (C=O) groups is 2. The van der Waals surface area contributed by atoms with Crippen LogP contribution in [0.1, 0.15) is 88.9 Å². The molecule has 49 heavy (non-hydrogen) atoms. The molecule has 4 atom stereocenters. The Labute approximate surface area is 286 Å². The first-order chi connectivity index (χ1) is 23.9. The van der Waals surface area contributed by atoms with E-state index in [1.54, 1.807) is 0 Å². The molecular weight excluding hydrogens is 618 g/mol. The number of hydrogen-bond donors (Lipinski definition) is 3. The Hall–Kier alpha value is -4.32. The Balaban J connectivity index is 0.926. The molecule has 2 aromatic carbocycles. The van der Waals surface area contributed by atoms with Gasteiger partial charge in [-0.1, -0.05) is 68.8 Å². The summed E-state index contributed by atoms with van der Waals surface area (Å²) in [5.74, 6) is 2.12. The van der Waals surface area contributed by atoms with Crippen LogP contribution in [0.4, 0.5) is 0 Å². The van der Waals surface area contributed by atoms with Crippen LogP contribution in [-0.4, -0.2) is 73.4 Å². The summed E-state index contributed by atoms with van der Waals surface area (Å²) < 4.78 is 10.7. The van der Waals surface area contributed by atoms with Crippen LogP contribution in [0.25, 0.3) is 33.6 Å². The summed E-state index contributed by atoms with van der Waals surface area (Å²) in [5, 5.41) is 3.20. The average molecular weight is 664 g/mol. The third-order valence-corrected chi connectivity index (χ3v) is 10.7. The maximum Gasteiger partial charge on any atom is 0.240 e. The molecule has 0 saturated carbocycles. The Bertz CT molecular complexity index is 1780. The summed E-state index contributed by atoms with van der Waals surface area (Å²) in [4.78, 5) is 47.0. The van der Waals surface area contributed by atoms with E-state index in [1.165, 1.54) is 0 Å². The third-order valence-electron chi connectivity index (χ3n) is 10.7. The first-order valence-corrected chi connectivity index (χ1v) is 17.8. The van der Waals surface area contributed by atoms with Gasteiger partial charge in [-0.25, -0.2) is 9.97 Å². The maximum absolute atomic E-state index is 13.6. The molecule has 0 spiro atoms. The summed E-state index contributed by atoms with van der Waals surface area (Å²) in [5.41, 5.74) is 6.25. The van der Waals surface area contributed by atoms with E-state index in [-0.39, 0.29) is 36.6 Å². The molecule has 4 aliphatic heterocycles. The first-order valence-electron chi connectivity index (χ1n) is 17.8. The van der Waals surface area contributed by atoms with E-state index < -0.39 is 12.5 Å². The van der Waals surface area contributed by atoms with Gasteiger partial charge in [0.1, 0.15) is 11.6 Å². The number of hydrogen-bond acceptors (Lipinski definition) is 7. The average Bonchev–Trinajstić information content (AvgIpc) is 3.91. The lowest BCUT2D eigenvalue weighted by Gasteiger charge is -2.35. The van der Waals surface area contributed by atoms with Gasteiger partial charge in [0, 0.05) is 19.0 Å².